The van der Waals surface area contributed by atoms with Gasteiger partial charge in [-0.15, -0.1) is 0 Å². The van der Waals surface area contributed by atoms with Gasteiger partial charge in [-0.2, -0.15) is 0 Å². The molecule has 1 aromatic rings. The first-order chi connectivity index (χ1) is 9.20. The lowest BCUT2D eigenvalue weighted by molar-refractivity contribution is -0.122. The fourth-order valence-electron chi connectivity index (χ4n) is 2.97. The molecule has 2 aliphatic rings. The summed E-state index contributed by atoms with van der Waals surface area (Å²) in [6, 6.07) is 9.75. The Balaban J connectivity index is 1.45. The lowest BCUT2D eigenvalue weighted by atomic mass is 9.75. The van der Waals surface area contributed by atoms with E-state index in [2.05, 4.69) is 50.8 Å². The monoisotopic (exact) mass is 322 g/mol. The molecule has 3 nitrogen and oxygen atoms in total. The predicted octanol–water partition coefficient (Wildman–Crippen LogP) is 2.56. The zero-order chi connectivity index (χ0) is 13.2. The van der Waals surface area contributed by atoms with E-state index in [1.807, 2.05) is 0 Å². The SMILES string of the molecule is O=C1CCC(NC2CC(c3ccc(Br)cc3)C2)CN1. The summed E-state index contributed by atoms with van der Waals surface area (Å²) < 4.78 is 1.14. The van der Waals surface area contributed by atoms with Crippen LogP contribution in [-0.4, -0.2) is 24.5 Å². The highest BCUT2D eigenvalue weighted by atomic mass is 79.9. The molecule has 0 spiro atoms. The Morgan fingerprint density at radius 2 is 1.89 bits per heavy atom. The van der Waals surface area contributed by atoms with Gasteiger partial charge in [0.2, 0.25) is 5.91 Å². The molecule has 1 amide bonds. The van der Waals surface area contributed by atoms with Crippen molar-refractivity contribution in [3.63, 3.8) is 0 Å². The molecule has 0 radical (unpaired) electrons. The molecule has 2 fully saturated rings. The van der Waals surface area contributed by atoms with Gasteiger partial charge >= 0.3 is 0 Å². The Hall–Kier alpha value is -0.870. The van der Waals surface area contributed by atoms with Crippen LogP contribution in [0.1, 0.15) is 37.2 Å². The Morgan fingerprint density at radius 3 is 2.53 bits per heavy atom. The first-order valence-electron chi connectivity index (χ1n) is 6.99. The summed E-state index contributed by atoms with van der Waals surface area (Å²) in [5, 5.41) is 6.59. The third-order valence-electron chi connectivity index (χ3n) is 4.22. The minimum atomic E-state index is 0.194. The number of nitrogens with one attached hydrogen (secondary N) is 2. The summed E-state index contributed by atoms with van der Waals surface area (Å²) >= 11 is 3.47. The van der Waals surface area contributed by atoms with Crippen molar-refractivity contribution >= 4 is 21.8 Å². The number of rotatable bonds is 3. The van der Waals surface area contributed by atoms with Crippen LogP contribution in [0.15, 0.2) is 28.7 Å². The zero-order valence-corrected chi connectivity index (χ0v) is 12.4. The van der Waals surface area contributed by atoms with E-state index in [1.165, 1.54) is 18.4 Å². The average Bonchev–Trinajstić information content (AvgIpc) is 2.37. The number of hydrogen-bond acceptors (Lipinski definition) is 2. The van der Waals surface area contributed by atoms with E-state index >= 15 is 0 Å². The molecule has 1 unspecified atom stereocenters. The molecule has 1 aliphatic carbocycles. The number of carbonyl (C=O) groups excluding carboxylic acids is 1. The second-order valence-corrected chi connectivity index (χ2v) is 6.54. The van der Waals surface area contributed by atoms with Crippen LogP contribution in [0.3, 0.4) is 0 Å². The highest BCUT2D eigenvalue weighted by molar-refractivity contribution is 9.10. The average molecular weight is 323 g/mol. The summed E-state index contributed by atoms with van der Waals surface area (Å²) in [4.78, 5) is 11.1. The van der Waals surface area contributed by atoms with Crippen LogP contribution in [0.25, 0.3) is 0 Å². The highest BCUT2D eigenvalue weighted by Gasteiger charge is 2.32. The molecule has 0 aromatic heterocycles. The molecule has 1 heterocycles. The summed E-state index contributed by atoms with van der Waals surface area (Å²) in [6.45, 7) is 0.790. The van der Waals surface area contributed by atoms with Gasteiger partial charge < -0.3 is 10.6 Å². The molecule has 1 aliphatic heterocycles. The molecule has 1 saturated carbocycles. The number of benzene rings is 1. The third kappa shape index (κ3) is 3.18. The smallest absolute Gasteiger partial charge is 0.220 e. The Labute approximate surface area is 122 Å². The Kier molecular flexibility index (Phi) is 3.89. The van der Waals surface area contributed by atoms with Crippen LogP contribution < -0.4 is 10.6 Å². The molecule has 1 aromatic carbocycles. The van der Waals surface area contributed by atoms with Crippen molar-refractivity contribution in [2.75, 3.05) is 6.54 Å². The van der Waals surface area contributed by atoms with Crippen LogP contribution >= 0.6 is 15.9 Å². The van der Waals surface area contributed by atoms with Gasteiger partial charge in [-0.1, -0.05) is 28.1 Å². The maximum atomic E-state index is 11.1. The Morgan fingerprint density at radius 1 is 1.16 bits per heavy atom. The van der Waals surface area contributed by atoms with E-state index in [0.29, 0.717) is 24.4 Å². The van der Waals surface area contributed by atoms with Crippen LogP contribution in [0.5, 0.6) is 0 Å². The first kappa shape index (κ1) is 13.1. The molecule has 102 valence electrons. The van der Waals surface area contributed by atoms with Gasteiger partial charge in [0.05, 0.1) is 0 Å². The maximum absolute atomic E-state index is 11.1. The van der Waals surface area contributed by atoms with Gasteiger partial charge in [0.1, 0.15) is 0 Å². The quantitative estimate of drug-likeness (QED) is 0.898. The van der Waals surface area contributed by atoms with Gasteiger partial charge in [-0.3, -0.25) is 4.79 Å². The van der Waals surface area contributed by atoms with E-state index < -0.39 is 0 Å². The van der Waals surface area contributed by atoms with Crippen LogP contribution in [0.4, 0.5) is 0 Å². The van der Waals surface area contributed by atoms with Crippen molar-refractivity contribution in [2.24, 2.45) is 0 Å². The number of amides is 1. The summed E-state index contributed by atoms with van der Waals surface area (Å²) in [5.74, 6) is 0.892. The number of carbonyl (C=O) groups is 1. The second kappa shape index (κ2) is 5.63. The van der Waals surface area contributed by atoms with Crippen LogP contribution in [-0.2, 0) is 4.79 Å². The lowest BCUT2D eigenvalue weighted by Crippen LogP contribution is -2.52. The summed E-state index contributed by atoms with van der Waals surface area (Å²) in [7, 11) is 0. The predicted molar refractivity (Wildman–Crippen MR) is 79.1 cm³/mol. The minimum Gasteiger partial charge on any atom is -0.355 e. The summed E-state index contributed by atoms with van der Waals surface area (Å²) in [6.07, 6.45) is 4.07. The van der Waals surface area contributed by atoms with E-state index in [0.717, 1.165) is 17.4 Å². The molecule has 2 N–H and O–H groups in total. The minimum absolute atomic E-state index is 0.194. The highest BCUT2D eigenvalue weighted by Crippen LogP contribution is 2.37. The molecule has 1 saturated heterocycles. The topological polar surface area (TPSA) is 41.1 Å². The fourth-order valence-corrected chi connectivity index (χ4v) is 3.23. The molecule has 4 heteroatoms. The standard InChI is InChI=1S/C15H19BrN2O/c16-12-3-1-10(2-4-12)11-7-14(8-11)18-13-5-6-15(19)17-9-13/h1-4,11,13-14,18H,5-9H2,(H,17,19). The molecule has 3 rings (SSSR count). The molecular weight excluding hydrogens is 304 g/mol. The van der Waals surface area contributed by atoms with E-state index in [9.17, 15) is 4.79 Å². The Bertz CT molecular complexity index is 444. The molecule has 19 heavy (non-hydrogen) atoms. The fraction of sp³-hybridized carbons (Fsp3) is 0.533. The molecule has 1 atom stereocenters. The van der Waals surface area contributed by atoms with Crippen molar-refractivity contribution in [3.05, 3.63) is 34.3 Å². The normalized spacial score (nSPS) is 30.6. The van der Waals surface area contributed by atoms with Crippen LogP contribution in [0.2, 0.25) is 0 Å². The van der Waals surface area contributed by atoms with E-state index in [1.54, 1.807) is 0 Å². The van der Waals surface area contributed by atoms with Crippen molar-refractivity contribution < 1.29 is 4.79 Å². The van der Waals surface area contributed by atoms with Gasteiger partial charge in [0.15, 0.2) is 0 Å². The third-order valence-corrected chi connectivity index (χ3v) is 4.75. The number of halogens is 1. The zero-order valence-electron chi connectivity index (χ0n) is 10.9. The van der Waals surface area contributed by atoms with Crippen LogP contribution in [0, 0.1) is 0 Å². The lowest BCUT2D eigenvalue weighted by Gasteiger charge is -2.39. The number of hydrogen-bond donors (Lipinski definition) is 2. The second-order valence-electron chi connectivity index (χ2n) is 5.62. The summed E-state index contributed by atoms with van der Waals surface area (Å²) in [5.41, 5.74) is 1.44. The van der Waals surface area contributed by atoms with Gasteiger partial charge in [-0.05, 0) is 42.9 Å². The van der Waals surface area contributed by atoms with E-state index in [-0.39, 0.29) is 5.91 Å². The van der Waals surface area contributed by atoms with Gasteiger partial charge in [0.25, 0.3) is 0 Å². The van der Waals surface area contributed by atoms with Crippen molar-refractivity contribution in [1.82, 2.24) is 10.6 Å². The number of piperidine rings is 1. The van der Waals surface area contributed by atoms with E-state index in [4.69, 9.17) is 0 Å². The van der Waals surface area contributed by atoms with Gasteiger partial charge in [0, 0.05) is 29.5 Å². The van der Waals surface area contributed by atoms with Crippen molar-refractivity contribution in [1.29, 1.82) is 0 Å². The van der Waals surface area contributed by atoms with Crippen molar-refractivity contribution in [2.45, 2.75) is 43.7 Å². The van der Waals surface area contributed by atoms with Gasteiger partial charge in [-0.25, -0.2) is 0 Å². The maximum Gasteiger partial charge on any atom is 0.220 e. The van der Waals surface area contributed by atoms with Crippen molar-refractivity contribution in [3.8, 4) is 0 Å². The largest absolute Gasteiger partial charge is 0.355 e. The molecular formula is C15H19BrN2O. The first-order valence-corrected chi connectivity index (χ1v) is 7.78. The molecule has 0 bridgehead atoms.